The highest BCUT2D eigenvalue weighted by molar-refractivity contribution is 7.92. The molecule has 7 nitrogen and oxygen atoms in total. The van der Waals surface area contributed by atoms with E-state index in [0.717, 1.165) is 4.31 Å². The van der Waals surface area contributed by atoms with Gasteiger partial charge in [0, 0.05) is 5.69 Å². The summed E-state index contributed by atoms with van der Waals surface area (Å²) in [5.41, 5.74) is 0.798. The summed E-state index contributed by atoms with van der Waals surface area (Å²) in [7, 11) is -1.02. The fraction of sp³-hybridized carbons (Fsp3) is 0.136. The molecule has 3 aromatic rings. The van der Waals surface area contributed by atoms with Crippen LogP contribution >= 0.6 is 0 Å². The number of anilines is 2. The minimum atomic E-state index is -4.01. The third-order valence-electron chi connectivity index (χ3n) is 4.35. The van der Waals surface area contributed by atoms with E-state index in [0.29, 0.717) is 17.2 Å². The molecule has 0 saturated heterocycles. The SMILES string of the molecule is COc1ccc(NC(=O)CN(c2ccccc2OC)S(=O)(=O)c2ccccc2)cc1. The van der Waals surface area contributed by atoms with Gasteiger partial charge in [-0.1, -0.05) is 30.3 Å². The van der Waals surface area contributed by atoms with Gasteiger partial charge in [0.25, 0.3) is 10.0 Å². The van der Waals surface area contributed by atoms with Gasteiger partial charge in [-0.2, -0.15) is 0 Å². The van der Waals surface area contributed by atoms with Crippen LogP contribution < -0.4 is 19.1 Å². The number of benzene rings is 3. The summed E-state index contributed by atoms with van der Waals surface area (Å²) in [6.07, 6.45) is 0. The molecule has 3 aromatic carbocycles. The van der Waals surface area contributed by atoms with Crippen molar-refractivity contribution < 1.29 is 22.7 Å². The van der Waals surface area contributed by atoms with Crippen LogP contribution in [0.4, 0.5) is 11.4 Å². The summed E-state index contributed by atoms with van der Waals surface area (Å²) in [6, 6.07) is 21.4. The molecule has 30 heavy (non-hydrogen) atoms. The smallest absolute Gasteiger partial charge is 0.264 e. The Morgan fingerprint density at radius 3 is 2.13 bits per heavy atom. The number of methoxy groups -OCH3 is 2. The molecule has 0 aliphatic heterocycles. The second kappa shape index (κ2) is 9.32. The van der Waals surface area contributed by atoms with Gasteiger partial charge < -0.3 is 14.8 Å². The number of rotatable bonds is 8. The fourth-order valence-electron chi connectivity index (χ4n) is 2.86. The number of sulfonamides is 1. The standard InChI is InChI=1S/C22H22N2O5S/c1-28-18-14-12-17(13-15-18)23-22(25)16-24(20-10-6-7-11-21(20)29-2)30(26,27)19-8-4-3-5-9-19/h3-15H,16H2,1-2H3,(H,23,25). The molecular formula is C22H22N2O5S. The third kappa shape index (κ3) is 4.72. The van der Waals surface area contributed by atoms with Gasteiger partial charge >= 0.3 is 0 Å². The number of amides is 1. The maximum atomic E-state index is 13.3. The third-order valence-corrected chi connectivity index (χ3v) is 6.12. The Labute approximate surface area is 175 Å². The second-order valence-corrected chi connectivity index (χ2v) is 8.14. The van der Waals surface area contributed by atoms with Gasteiger partial charge in [-0.25, -0.2) is 8.42 Å². The van der Waals surface area contributed by atoms with Crippen molar-refractivity contribution >= 4 is 27.3 Å². The highest BCUT2D eigenvalue weighted by Gasteiger charge is 2.29. The first-order chi connectivity index (χ1) is 14.5. The molecule has 0 heterocycles. The number of ether oxygens (including phenoxy) is 2. The van der Waals surface area contributed by atoms with Gasteiger partial charge in [-0.05, 0) is 48.5 Å². The zero-order valence-corrected chi connectivity index (χ0v) is 17.4. The number of para-hydroxylation sites is 2. The van der Waals surface area contributed by atoms with E-state index in [1.54, 1.807) is 73.8 Å². The van der Waals surface area contributed by atoms with E-state index in [1.165, 1.54) is 19.2 Å². The lowest BCUT2D eigenvalue weighted by Gasteiger charge is -2.25. The predicted molar refractivity (Wildman–Crippen MR) is 116 cm³/mol. The quantitative estimate of drug-likeness (QED) is 0.596. The number of hydrogen-bond donors (Lipinski definition) is 1. The summed E-state index contributed by atoms with van der Waals surface area (Å²) in [6.45, 7) is -0.427. The highest BCUT2D eigenvalue weighted by atomic mass is 32.2. The molecule has 0 fully saturated rings. The zero-order chi connectivity index (χ0) is 21.6. The summed E-state index contributed by atoms with van der Waals surface area (Å²) in [5.74, 6) is 0.495. The van der Waals surface area contributed by atoms with E-state index in [2.05, 4.69) is 5.32 Å². The number of carbonyl (C=O) groups excluding carboxylic acids is 1. The molecule has 0 unspecified atom stereocenters. The summed E-state index contributed by atoms with van der Waals surface area (Å²) >= 11 is 0. The van der Waals surface area contributed by atoms with Crippen molar-refractivity contribution in [2.45, 2.75) is 4.90 Å². The van der Waals surface area contributed by atoms with Crippen LogP contribution in [0.2, 0.25) is 0 Å². The van der Waals surface area contributed by atoms with Gasteiger partial charge in [-0.15, -0.1) is 0 Å². The predicted octanol–water partition coefficient (Wildman–Crippen LogP) is 3.54. The molecule has 3 rings (SSSR count). The minimum Gasteiger partial charge on any atom is -0.497 e. The second-order valence-electron chi connectivity index (χ2n) is 6.27. The number of nitrogens with zero attached hydrogens (tertiary/aromatic N) is 1. The Kier molecular flexibility index (Phi) is 6.58. The van der Waals surface area contributed by atoms with E-state index in [4.69, 9.17) is 9.47 Å². The first-order valence-corrected chi connectivity index (χ1v) is 10.5. The lowest BCUT2D eigenvalue weighted by Crippen LogP contribution is -2.38. The molecule has 0 atom stereocenters. The van der Waals surface area contributed by atoms with Crippen molar-refractivity contribution in [2.24, 2.45) is 0 Å². The zero-order valence-electron chi connectivity index (χ0n) is 16.6. The topological polar surface area (TPSA) is 84.9 Å². The van der Waals surface area contributed by atoms with Crippen molar-refractivity contribution in [3.8, 4) is 11.5 Å². The normalized spacial score (nSPS) is 10.9. The van der Waals surface area contributed by atoms with Crippen LogP contribution in [-0.2, 0) is 14.8 Å². The molecule has 1 N–H and O–H groups in total. The van der Waals surface area contributed by atoms with E-state index in [-0.39, 0.29) is 10.6 Å². The van der Waals surface area contributed by atoms with E-state index < -0.39 is 22.5 Å². The van der Waals surface area contributed by atoms with Gasteiger partial charge in [0.2, 0.25) is 5.91 Å². The molecule has 0 aromatic heterocycles. The van der Waals surface area contributed by atoms with Crippen LogP contribution in [0.3, 0.4) is 0 Å². The highest BCUT2D eigenvalue weighted by Crippen LogP contribution is 2.32. The Morgan fingerprint density at radius 1 is 0.867 bits per heavy atom. The first-order valence-electron chi connectivity index (χ1n) is 9.10. The number of nitrogens with one attached hydrogen (secondary N) is 1. The molecule has 1 amide bonds. The average Bonchev–Trinajstić information content (AvgIpc) is 2.78. The maximum absolute atomic E-state index is 13.3. The molecule has 0 radical (unpaired) electrons. The van der Waals surface area contributed by atoms with Crippen molar-refractivity contribution in [1.29, 1.82) is 0 Å². The molecular weight excluding hydrogens is 404 g/mol. The van der Waals surface area contributed by atoms with Crippen molar-refractivity contribution in [3.05, 3.63) is 78.9 Å². The summed E-state index contributed by atoms with van der Waals surface area (Å²) in [5, 5.41) is 2.71. The monoisotopic (exact) mass is 426 g/mol. The van der Waals surface area contributed by atoms with Gasteiger partial charge in [0.1, 0.15) is 18.0 Å². The molecule has 0 aliphatic rings. The number of carbonyl (C=O) groups is 1. The molecule has 0 aliphatic carbocycles. The van der Waals surface area contributed by atoms with Crippen LogP contribution in [0.25, 0.3) is 0 Å². The average molecular weight is 426 g/mol. The fourth-order valence-corrected chi connectivity index (χ4v) is 4.31. The number of hydrogen-bond acceptors (Lipinski definition) is 5. The van der Waals surface area contributed by atoms with Gasteiger partial charge in [-0.3, -0.25) is 9.10 Å². The Bertz CT molecular complexity index is 1100. The maximum Gasteiger partial charge on any atom is 0.264 e. The largest absolute Gasteiger partial charge is 0.497 e. The van der Waals surface area contributed by atoms with Crippen LogP contribution in [0.15, 0.2) is 83.8 Å². The minimum absolute atomic E-state index is 0.0770. The van der Waals surface area contributed by atoms with E-state index >= 15 is 0 Å². The molecule has 8 heteroatoms. The molecule has 0 saturated carbocycles. The Morgan fingerprint density at radius 2 is 1.50 bits per heavy atom. The van der Waals surface area contributed by atoms with Crippen LogP contribution in [0.5, 0.6) is 11.5 Å². The van der Waals surface area contributed by atoms with Crippen molar-refractivity contribution in [1.82, 2.24) is 0 Å². The van der Waals surface area contributed by atoms with E-state index in [1.807, 2.05) is 0 Å². The molecule has 0 spiro atoms. The molecule has 0 bridgehead atoms. The first kappa shape index (κ1) is 21.2. The Balaban J connectivity index is 1.94. The summed E-state index contributed by atoms with van der Waals surface area (Å²) < 4.78 is 38.2. The van der Waals surface area contributed by atoms with E-state index in [9.17, 15) is 13.2 Å². The summed E-state index contributed by atoms with van der Waals surface area (Å²) in [4.78, 5) is 12.8. The van der Waals surface area contributed by atoms with Crippen LogP contribution in [0, 0.1) is 0 Å². The van der Waals surface area contributed by atoms with Crippen molar-refractivity contribution in [2.75, 3.05) is 30.4 Å². The van der Waals surface area contributed by atoms with Crippen LogP contribution in [0.1, 0.15) is 0 Å². The van der Waals surface area contributed by atoms with Crippen LogP contribution in [-0.4, -0.2) is 35.1 Å². The lowest BCUT2D eigenvalue weighted by atomic mass is 10.3. The molecule has 156 valence electrons. The van der Waals surface area contributed by atoms with Crippen molar-refractivity contribution in [3.63, 3.8) is 0 Å². The van der Waals surface area contributed by atoms with Gasteiger partial charge in [0.05, 0.1) is 24.8 Å². The Hall–Kier alpha value is -3.52. The lowest BCUT2D eigenvalue weighted by molar-refractivity contribution is -0.114. The van der Waals surface area contributed by atoms with Gasteiger partial charge in [0.15, 0.2) is 0 Å².